The molecule has 0 aliphatic heterocycles. The number of nitrogens with one attached hydrogen (secondary N) is 1. The molecular formula is C22H20N4O. The van der Waals surface area contributed by atoms with Crippen molar-refractivity contribution >= 4 is 11.6 Å². The predicted molar refractivity (Wildman–Crippen MR) is 106 cm³/mol. The summed E-state index contributed by atoms with van der Waals surface area (Å²) in [6.07, 6.45) is 3.29. The van der Waals surface area contributed by atoms with Gasteiger partial charge < -0.3 is 5.32 Å². The summed E-state index contributed by atoms with van der Waals surface area (Å²) >= 11 is 0. The van der Waals surface area contributed by atoms with Crippen LogP contribution in [0, 0.1) is 13.8 Å². The molecule has 5 nitrogen and oxygen atoms in total. The minimum Gasteiger partial charge on any atom is -0.348 e. The van der Waals surface area contributed by atoms with Gasteiger partial charge >= 0.3 is 0 Å². The minimum atomic E-state index is -0.182. The van der Waals surface area contributed by atoms with Crippen LogP contribution in [0.15, 0.2) is 67.0 Å². The van der Waals surface area contributed by atoms with E-state index in [2.05, 4.69) is 47.4 Å². The topological polar surface area (TPSA) is 59.3 Å². The van der Waals surface area contributed by atoms with E-state index in [4.69, 9.17) is 0 Å². The van der Waals surface area contributed by atoms with E-state index in [1.807, 2.05) is 36.4 Å². The molecule has 27 heavy (non-hydrogen) atoms. The molecule has 4 aromatic rings. The second-order valence-electron chi connectivity index (χ2n) is 6.59. The molecule has 0 spiro atoms. The molecule has 0 aliphatic rings. The number of amides is 1. The summed E-state index contributed by atoms with van der Waals surface area (Å²) in [5.74, 6) is -0.182. The van der Waals surface area contributed by atoms with E-state index in [0.717, 1.165) is 16.8 Å². The summed E-state index contributed by atoms with van der Waals surface area (Å²) in [4.78, 5) is 17.0. The Morgan fingerprint density at radius 1 is 1.04 bits per heavy atom. The lowest BCUT2D eigenvalue weighted by atomic mass is 10.0. The van der Waals surface area contributed by atoms with Gasteiger partial charge in [0.15, 0.2) is 5.65 Å². The van der Waals surface area contributed by atoms with Gasteiger partial charge in [-0.25, -0.2) is 9.50 Å². The zero-order valence-electron chi connectivity index (χ0n) is 15.3. The van der Waals surface area contributed by atoms with Gasteiger partial charge in [0.2, 0.25) is 0 Å². The van der Waals surface area contributed by atoms with Crippen LogP contribution in [0.2, 0.25) is 0 Å². The highest BCUT2D eigenvalue weighted by atomic mass is 16.1. The van der Waals surface area contributed by atoms with Crippen molar-refractivity contribution in [1.82, 2.24) is 19.9 Å². The van der Waals surface area contributed by atoms with E-state index in [9.17, 15) is 4.79 Å². The summed E-state index contributed by atoms with van der Waals surface area (Å²) in [5, 5.41) is 7.35. The lowest BCUT2D eigenvalue weighted by Gasteiger charge is -2.08. The monoisotopic (exact) mass is 356 g/mol. The first kappa shape index (κ1) is 17.0. The van der Waals surface area contributed by atoms with Gasteiger partial charge in [-0.15, -0.1) is 0 Å². The summed E-state index contributed by atoms with van der Waals surface area (Å²) < 4.78 is 1.72. The van der Waals surface area contributed by atoms with Crippen molar-refractivity contribution in [3.63, 3.8) is 0 Å². The van der Waals surface area contributed by atoms with E-state index in [0.29, 0.717) is 17.8 Å². The quantitative estimate of drug-likeness (QED) is 0.602. The van der Waals surface area contributed by atoms with Crippen LogP contribution < -0.4 is 5.32 Å². The molecule has 0 saturated carbocycles. The highest BCUT2D eigenvalue weighted by Gasteiger charge is 2.16. The highest BCUT2D eigenvalue weighted by Crippen LogP contribution is 2.23. The molecule has 4 rings (SSSR count). The van der Waals surface area contributed by atoms with Gasteiger partial charge in [-0.1, -0.05) is 42.5 Å². The second-order valence-corrected chi connectivity index (χ2v) is 6.59. The molecule has 1 amide bonds. The van der Waals surface area contributed by atoms with Crippen LogP contribution in [-0.2, 0) is 6.54 Å². The molecule has 0 saturated heterocycles. The fraction of sp³-hybridized carbons (Fsp3) is 0.136. The number of aromatic nitrogens is 3. The second kappa shape index (κ2) is 7.03. The van der Waals surface area contributed by atoms with E-state index in [-0.39, 0.29) is 5.91 Å². The summed E-state index contributed by atoms with van der Waals surface area (Å²) in [6.45, 7) is 4.64. The van der Waals surface area contributed by atoms with Crippen molar-refractivity contribution in [2.24, 2.45) is 0 Å². The van der Waals surface area contributed by atoms with E-state index >= 15 is 0 Å². The molecule has 0 unspecified atom stereocenters. The number of hydrogen-bond acceptors (Lipinski definition) is 3. The molecule has 0 bridgehead atoms. The molecule has 0 radical (unpaired) electrons. The third-order valence-corrected chi connectivity index (χ3v) is 4.74. The van der Waals surface area contributed by atoms with Gasteiger partial charge in [-0.3, -0.25) is 4.79 Å². The SMILES string of the molecule is Cc1ccc(-c2ccnc3c(C(=O)NCc4ccccc4)cnn23)cc1C. The Kier molecular flexibility index (Phi) is 4.42. The van der Waals surface area contributed by atoms with Gasteiger partial charge in [0, 0.05) is 18.3 Å². The molecule has 5 heteroatoms. The van der Waals surface area contributed by atoms with Crippen LogP contribution in [0.5, 0.6) is 0 Å². The number of carbonyl (C=O) groups excluding carboxylic acids is 1. The van der Waals surface area contributed by atoms with Crippen molar-refractivity contribution in [3.05, 3.63) is 89.2 Å². The minimum absolute atomic E-state index is 0.182. The first-order chi connectivity index (χ1) is 13.1. The van der Waals surface area contributed by atoms with Gasteiger partial charge in [0.1, 0.15) is 5.56 Å². The number of nitrogens with zero attached hydrogens (tertiary/aromatic N) is 3. The maximum Gasteiger partial charge on any atom is 0.257 e. The van der Waals surface area contributed by atoms with E-state index in [1.165, 1.54) is 11.1 Å². The average Bonchev–Trinajstić information content (AvgIpc) is 3.13. The number of hydrogen-bond donors (Lipinski definition) is 1. The van der Waals surface area contributed by atoms with Crippen molar-refractivity contribution in [2.45, 2.75) is 20.4 Å². The molecule has 2 aromatic heterocycles. The zero-order chi connectivity index (χ0) is 18.8. The lowest BCUT2D eigenvalue weighted by Crippen LogP contribution is -2.22. The predicted octanol–water partition coefficient (Wildman–Crippen LogP) is 3.94. The van der Waals surface area contributed by atoms with Crippen LogP contribution in [0.4, 0.5) is 0 Å². The molecule has 134 valence electrons. The van der Waals surface area contributed by atoms with Crippen molar-refractivity contribution in [2.75, 3.05) is 0 Å². The lowest BCUT2D eigenvalue weighted by molar-refractivity contribution is 0.0952. The molecular weight excluding hydrogens is 336 g/mol. The molecule has 0 aliphatic carbocycles. The average molecular weight is 356 g/mol. The smallest absolute Gasteiger partial charge is 0.257 e. The van der Waals surface area contributed by atoms with Gasteiger partial charge in [0.05, 0.1) is 11.9 Å². The van der Waals surface area contributed by atoms with Gasteiger partial charge in [-0.05, 0) is 42.7 Å². The van der Waals surface area contributed by atoms with Crippen LogP contribution in [0.3, 0.4) is 0 Å². The number of rotatable bonds is 4. The van der Waals surface area contributed by atoms with E-state index in [1.54, 1.807) is 16.9 Å². The van der Waals surface area contributed by atoms with Gasteiger partial charge in [0.25, 0.3) is 5.91 Å². The van der Waals surface area contributed by atoms with Gasteiger partial charge in [-0.2, -0.15) is 5.10 Å². The summed E-state index contributed by atoms with van der Waals surface area (Å²) in [5.41, 5.74) is 6.48. The van der Waals surface area contributed by atoms with Crippen LogP contribution in [0.1, 0.15) is 27.0 Å². The third kappa shape index (κ3) is 3.31. The first-order valence-electron chi connectivity index (χ1n) is 8.86. The van der Waals surface area contributed by atoms with Crippen molar-refractivity contribution < 1.29 is 4.79 Å². The third-order valence-electron chi connectivity index (χ3n) is 4.74. The number of benzene rings is 2. The maximum atomic E-state index is 12.6. The van der Waals surface area contributed by atoms with Crippen molar-refractivity contribution in [1.29, 1.82) is 0 Å². The summed E-state index contributed by atoms with van der Waals surface area (Å²) in [6, 6.07) is 18.0. The Labute approximate surface area is 157 Å². The van der Waals surface area contributed by atoms with Crippen LogP contribution in [-0.4, -0.2) is 20.5 Å². The Bertz CT molecular complexity index is 1120. The Morgan fingerprint density at radius 2 is 1.85 bits per heavy atom. The molecule has 1 N–H and O–H groups in total. The summed E-state index contributed by atoms with van der Waals surface area (Å²) in [7, 11) is 0. The molecule has 0 fully saturated rings. The number of carbonyl (C=O) groups is 1. The molecule has 2 aromatic carbocycles. The number of fused-ring (bicyclic) bond motifs is 1. The standard InChI is InChI=1S/C22H20N4O/c1-15-8-9-18(12-16(15)2)20-10-11-23-21-19(14-25-26(20)21)22(27)24-13-17-6-4-3-5-7-17/h3-12,14H,13H2,1-2H3,(H,24,27). The Balaban J connectivity index is 1.66. The zero-order valence-corrected chi connectivity index (χ0v) is 15.3. The fourth-order valence-corrected chi connectivity index (χ4v) is 3.04. The largest absolute Gasteiger partial charge is 0.348 e. The maximum absolute atomic E-state index is 12.6. The molecule has 0 atom stereocenters. The van der Waals surface area contributed by atoms with Crippen LogP contribution in [0.25, 0.3) is 16.9 Å². The Hall–Kier alpha value is -3.47. The number of aryl methyl sites for hydroxylation is 2. The molecule has 2 heterocycles. The normalized spacial score (nSPS) is 10.9. The Morgan fingerprint density at radius 3 is 2.63 bits per heavy atom. The fourth-order valence-electron chi connectivity index (χ4n) is 3.04. The highest BCUT2D eigenvalue weighted by molar-refractivity contribution is 5.99. The van der Waals surface area contributed by atoms with Crippen LogP contribution >= 0.6 is 0 Å². The van der Waals surface area contributed by atoms with Crippen molar-refractivity contribution in [3.8, 4) is 11.3 Å². The first-order valence-corrected chi connectivity index (χ1v) is 8.86. The van der Waals surface area contributed by atoms with E-state index < -0.39 is 0 Å².